The fourth-order valence-corrected chi connectivity index (χ4v) is 4.05. The van der Waals surface area contributed by atoms with Crippen LogP contribution in [0.3, 0.4) is 0 Å². The molecule has 2 N–H and O–H groups in total. The Balaban J connectivity index is 1.60. The molecule has 0 radical (unpaired) electrons. The molecule has 162 valence electrons. The largest absolute Gasteiger partial charge is 0.466 e. The number of esters is 1. The summed E-state index contributed by atoms with van der Waals surface area (Å²) >= 11 is 0. The summed E-state index contributed by atoms with van der Waals surface area (Å²) in [6.45, 7) is 7.05. The third-order valence-corrected chi connectivity index (χ3v) is 5.73. The molecule has 1 saturated heterocycles. The van der Waals surface area contributed by atoms with E-state index in [1.54, 1.807) is 18.7 Å². The number of benzene rings is 1. The van der Waals surface area contributed by atoms with Gasteiger partial charge in [-0.1, -0.05) is 29.8 Å². The number of ether oxygens (including phenoxy) is 1. The van der Waals surface area contributed by atoms with Crippen LogP contribution in [-0.2, 0) is 25.7 Å². The number of rotatable bonds is 6. The summed E-state index contributed by atoms with van der Waals surface area (Å²) in [4.78, 5) is 45.3. The lowest BCUT2D eigenvalue weighted by Gasteiger charge is -2.32. The number of guanidine groups is 1. The summed E-state index contributed by atoms with van der Waals surface area (Å²) < 4.78 is 5.07. The lowest BCUT2D eigenvalue weighted by Crippen LogP contribution is -2.47. The molecule has 1 aromatic carbocycles. The molecule has 0 aliphatic carbocycles. The maximum atomic E-state index is 13.1. The van der Waals surface area contributed by atoms with Gasteiger partial charge >= 0.3 is 5.97 Å². The fraction of sp³-hybridized carbons (Fsp3) is 0.545. The van der Waals surface area contributed by atoms with Gasteiger partial charge in [0.2, 0.25) is 5.91 Å². The number of hydrogen-bond acceptors (Lipinski definition) is 6. The van der Waals surface area contributed by atoms with E-state index in [9.17, 15) is 14.4 Å². The predicted molar refractivity (Wildman–Crippen MR) is 112 cm³/mol. The molecule has 0 saturated carbocycles. The van der Waals surface area contributed by atoms with Gasteiger partial charge in [-0.3, -0.25) is 19.3 Å². The average Bonchev–Trinajstić information content (AvgIpc) is 2.91. The second-order valence-corrected chi connectivity index (χ2v) is 8.21. The van der Waals surface area contributed by atoms with Gasteiger partial charge in [-0.25, -0.2) is 4.99 Å². The molecule has 2 aliphatic heterocycles. The first-order chi connectivity index (χ1) is 14.2. The fourth-order valence-electron chi connectivity index (χ4n) is 4.05. The second-order valence-electron chi connectivity index (χ2n) is 8.21. The number of carbonyl (C=O) groups is 3. The average molecular weight is 415 g/mol. The smallest absolute Gasteiger partial charge is 0.309 e. The molecular formula is C22H30N4O4. The van der Waals surface area contributed by atoms with Gasteiger partial charge in [0.25, 0.3) is 5.91 Å². The standard InChI is InChI=1S/C22H30N4O4/c1-4-30-19(28)17-8-10-25(11-9-17)18(27)13-22(3)20(29)26(21(23)24-22)14-16-7-5-6-15(2)12-16/h5-7,12,17H,4,8-11,13-14H2,1-3H3,(H2,23,24). The van der Waals surface area contributed by atoms with Crippen LogP contribution in [0.15, 0.2) is 29.3 Å². The Bertz CT molecular complexity index is 860. The normalized spacial score (nSPS) is 22.2. The molecule has 1 aromatic rings. The summed E-state index contributed by atoms with van der Waals surface area (Å²) in [6.07, 6.45) is 1.10. The van der Waals surface area contributed by atoms with Crippen molar-refractivity contribution in [2.24, 2.45) is 16.6 Å². The zero-order valence-corrected chi connectivity index (χ0v) is 17.9. The molecule has 30 heavy (non-hydrogen) atoms. The molecule has 8 nitrogen and oxygen atoms in total. The van der Waals surface area contributed by atoms with Crippen molar-refractivity contribution in [1.82, 2.24) is 9.80 Å². The number of aryl methyl sites for hydroxylation is 1. The van der Waals surface area contributed by atoms with E-state index in [0.717, 1.165) is 11.1 Å². The summed E-state index contributed by atoms with van der Waals surface area (Å²) in [5.41, 5.74) is 6.89. The number of aliphatic imine (C=N–C) groups is 1. The number of nitrogens with zero attached hydrogens (tertiary/aromatic N) is 3. The summed E-state index contributed by atoms with van der Waals surface area (Å²) in [5.74, 6) is -0.654. The van der Waals surface area contributed by atoms with Crippen molar-refractivity contribution in [1.29, 1.82) is 0 Å². The quantitative estimate of drug-likeness (QED) is 0.712. The van der Waals surface area contributed by atoms with E-state index in [2.05, 4.69) is 4.99 Å². The lowest BCUT2D eigenvalue weighted by molar-refractivity contribution is -0.151. The van der Waals surface area contributed by atoms with Crippen molar-refractivity contribution in [3.05, 3.63) is 35.4 Å². The third-order valence-electron chi connectivity index (χ3n) is 5.73. The van der Waals surface area contributed by atoms with Crippen LogP contribution in [0.5, 0.6) is 0 Å². The van der Waals surface area contributed by atoms with Crippen LogP contribution in [0, 0.1) is 12.8 Å². The lowest BCUT2D eigenvalue weighted by atomic mass is 9.94. The molecule has 1 atom stereocenters. The first-order valence-corrected chi connectivity index (χ1v) is 10.4. The SMILES string of the molecule is CCOC(=O)C1CCN(C(=O)CC2(C)N=C(N)N(Cc3cccc(C)c3)C2=O)CC1. The van der Waals surface area contributed by atoms with Gasteiger partial charge in [-0.15, -0.1) is 0 Å². The Morgan fingerprint density at radius 2 is 2.00 bits per heavy atom. The van der Waals surface area contributed by atoms with Crippen molar-refractivity contribution in [2.45, 2.75) is 52.1 Å². The Labute approximate surface area is 177 Å². The highest BCUT2D eigenvalue weighted by molar-refractivity contribution is 6.08. The zero-order valence-electron chi connectivity index (χ0n) is 17.9. The predicted octanol–water partition coefficient (Wildman–Crippen LogP) is 1.60. The number of amides is 2. The van der Waals surface area contributed by atoms with Crippen molar-refractivity contribution >= 4 is 23.7 Å². The number of piperidine rings is 1. The van der Waals surface area contributed by atoms with E-state index >= 15 is 0 Å². The second kappa shape index (κ2) is 8.85. The van der Waals surface area contributed by atoms with Gasteiger partial charge < -0.3 is 15.4 Å². The Hall–Kier alpha value is -2.90. The minimum atomic E-state index is -1.21. The first-order valence-electron chi connectivity index (χ1n) is 10.4. The van der Waals surface area contributed by atoms with Gasteiger partial charge in [0.05, 0.1) is 25.5 Å². The summed E-state index contributed by atoms with van der Waals surface area (Å²) in [5, 5.41) is 0. The molecule has 0 aromatic heterocycles. The van der Waals surface area contributed by atoms with Gasteiger partial charge in [0, 0.05) is 13.1 Å². The van der Waals surface area contributed by atoms with Crippen LogP contribution < -0.4 is 5.73 Å². The van der Waals surface area contributed by atoms with Crippen LogP contribution in [0.1, 0.15) is 44.2 Å². The number of nitrogens with two attached hydrogens (primary N) is 1. The van der Waals surface area contributed by atoms with Gasteiger partial charge in [0.15, 0.2) is 5.96 Å². The Morgan fingerprint density at radius 1 is 1.30 bits per heavy atom. The van der Waals surface area contributed by atoms with Crippen LogP contribution in [0.25, 0.3) is 0 Å². The van der Waals surface area contributed by atoms with Crippen molar-refractivity contribution in [3.63, 3.8) is 0 Å². The molecule has 2 aliphatic rings. The highest BCUT2D eigenvalue weighted by atomic mass is 16.5. The molecule has 0 bridgehead atoms. The van der Waals surface area contributed by atoms with Gasteiger partial charge in [-0.2, -0.15) is 0 Å². The monoisotopic (exact) mass is 414 g/mol. The number of likely N-dealkylation sites (tertiary alicyclic amines) is 1. The molecule has 1 fully saturated rings. The minimum absolute atomic E-state index is 0.0408. The van der Waals surface area contributed by atoms with Crippen LogP contribution in [-0.4, -0.2) is 58.8 Å². The molecule has 2 amide bonds. The highest BCUT2D eigenvalue weighted by Gasteiger charge is 2.46. The third kappa shape index (κ3) is 4.63. The van der Waals surface area contributed by atoms with Crippen molar-refractivity contribution in [2.75, 3.05) is 19.7 Å². The minimum Gasteiger partial charge on any atom is -0.466 e. The van der Waals surface area contributed by atoms with Crippen molar-refractivity contribution in [3.8, 4) is 0 Å². The molecule has 2 heterocycles. The van der Waals surface area contributed by atoms with E-state index in [0.29, 0.717) is 39.1 Å². The molecule has 8 heteroatoms. The zero-order chi connectivity index (χ0) is 21.9. The Kier molecular flexibility index (Phi) is 6.43. The van der Waals surface area contributed by atoms with E-state index < -0.39 is 5.54 Å². The van der Waals surface area contributed by atoms with Crippen LogP contribution >= 0.6 is 0 Å². The van der Waals surface area contributed by atoms with E-state index in [1.807, 2.05) is 31.2 Å². The van der Waals surface area contributed by atoms with E-state index in [4.69, 9.17) is 10.5 Å². The first kappa shape index (κ1) is 21.8. The van der Waals surface area contributed by atoms with Crippen LogP contribution in [0.4, 0.5) is 0 Å². The van der Waals surface area contributed by atoms with Gasteiger partial charge in [0.1, 0.15) is 5.54 Å². The van der Waals surface area contributed by atoms with E-state index in [-0.39, 0.29) is 36.1 Å². The molecule has 0 spiro atoms. The van der Waals surface area contributed by atoms with Gasteiger partial charge in [-0.05, 0) is 39.2 Å². The number of hydrogen-bond donors (Lipinski definition) is 1. The summed E-state index contributed by atoms with van der Waals surface area (Å²) in [6, 6.07) is 7.85. The topological polar surface area (TPSA) is 105 Å². The summed E-state index contributed by atoms with van der Waals surface area (Å²) in [7, 11) is 0. The maximum Gasteiger partial charge on any atom is 0.309 e. The molecule has 1 unspecified atom stereocenters. The van der Waals surface area contributed by atoms with Crippen LogP contribution in [0.2, 0.25) is 0 Å². The maximum absolute atomic E-state index is 13.1. The number of carbonyl (C=O) groups excluding carboxylic acids is 3. The van der Waals surface area contributed by atoms with E-state index in [1.165, 1.54) is 4.90 Å². The highest BCUT2D eigenvalue weighted by Crippen LogP contribution is 2.28. The molecule has 3 rings (SSSR count). The molecular weight excluding hydrogens is 384 g/mol. The van der Waals surface area contributed by atoms with Crippen molar-refractivity contribution < 1.29 is 19.1 Å². The Morgan fingerprint density at radius 3 is 2.63 bits per heavy atom.